The molecule has 0 aliphatic carbocycles. The number of aryl methyl sites for hydroxylation is 1. The van der Waals surface area contributed by atoms with E-state index in [-0.39, 0.29) is 63.3 Å². The van der Waals surface area contributed by atoms with Crippen LogP contribution in [0.1, 0.15) is 80.1 Å². The summed E-state index contributed by atoms with van der Waals surface area (Å²) in [5.41, 5.74) is 7.06. The Morgan fingerprint density at radius 1 is 0.702 bits per heavy atom. The van der Waals surface area contributed by atoms with Crippen LogP contribution in [0.15, 0.2) is 24.3 Å². The Bertz CT molecular complexity index is 1100. The molecule has 0 radical (unpaired) electrons. The van der Waals surface area contributed by atoms with Crippen molar-refractivity contribution in [3.8, 4) is 0 Å². The number of nitrogens with two attached hydrogens (primary N) is 1. The van der Waals surface area contributed by atoms with Gasteiger partial charge in [-0.15, -0.1) is 0 Å². The Hall–Kier alpha value is -3.72. The second-order valence-electron chi connectivity index (χ2n) is 11.0. The van der Waals surface area contributed by atoms with E-state index in [1.54, 1.807) is 12.1 Å². The Morgan fingerprint density at radius 3 is 1.89 bits per heavy atom. The van der Waals surface area contributed by atoms with Gasteiger partial charge in [0.25, 0.3) is 5.91 Å². The number of benzene rings is 1. The zero-order valence-corrected chi connectivity index (χ0v) is 27.4. The first-order valence-corrected chi connectivity index (χ1v) is 16.1. The summed E-state index contributed by atoms with van der Waals surface area (Å²) >= 11 is 0. The average Bonchev–Trinajstić information content (AvgIpc) is 3.02. The van der Waals surface area contributed by atoms with E-state index in [0.717, 1.165) is 5.56 Å². The number of ketones is 2. The molecule has 0 aliphatic rings. The molecule has 0 saturated heterocycles. The summed E-state index contributed by atoms with van der Waals surface area (Å²) in [5, 5.41) is 14.0. The maximum atomic E-state index is 12.1. The molecule has 0 fully saturated rings. The fourth-order valence-electron chi connectivity index (χ4n) is 4.17. The number of carboxylic acid groups (broad SMARTS) is 1. The predicted octanol–water partition coefficient (Wildman–Crippen LogP) is 1.89. The molecule has 1 aromatic carbocycles. The van der Waals surface area contributed by atoms with Gasteiger partial charge in [0.15, 0.2) is 5.78 Å². The third-order valence-electron chi connectivity index (χ3n) is 6.77. The zero-order valence-electron chi connectivity index (χ0n) is 27.4. The largest absolute Gasteiger partial charge is 0.481 e. The van der Waals surface area contributed by atoms with E-state index in [4.69, 9.17) is 29.8 Å². The van der Waals surface area contributed by atoms with E-state index in [9.17, 15) is 28.8 Å². The smallest absolute Gasteiger partial charge is 0.303 e. The van der Waals surface area contributed by atoms with Gasteiger partial charge in [0.05, 0.1) is 26.4 Å². The van der Waals surface area contributed by atoms with Gasteiger partial charge >= 0.3 is 5.97 Å². The standard InChI is InChI=1S/C33H51N3O11/c1-25-12-14-26(15-13-25)33(43)35-16-3-2-10-29(32(34)42)36-30(39)24-47-22-20-45-18-6-9-28(38)23-46-21-19-44-17-5-8-27(37)7-4-11-31(40)41/h12-15,29H,2-11,16-24H2,1H3,(H2,34,42)(H,35,43)(H,36,39)(H,40,41)/t29-/m0/s1. The van der Waals surface area contributed by atoms with Crippen LogP contribution in [-0.4, -0.2) is 106 Å². The van der Waals surface area contributed by atoms with E-state index < -0.39 is 23.8 Å². The van der Waals surface area contributed by atoms with Crippen molar-refractivity contribution in [1.82, 2.24) is 10.6 Å². The van der Waals surface area contributed by atoms with Crippen LogP contribution in [0.4, 0.5) is 0 Å². The highest BCUT2D eigenvalue weighted by Crippen LogP contribution is 2.05. The van der Waals surface area contributed by atoms with E-state index in [0.29, 0.717) is 83.3 Å². The molecule has 14 heteroatoms. The number of aliphatic carboxylic acids is 1. The summed E-state index contributed by atoms with van der Waals surface area (Å²) in [6, 6.07) is 6.41. The highest BCUT2D eigenvalue weighted by molar-refractivity contribution is 5.94. The number of primary amides is 1. The first kappa shape index (κ1) is 41.3. The topological polar surface area (TPSA) is 210 Å². The normalized spacial score (nSPS) is 11.5. The monoisotopic (exact) mass is 665 g/mol. The number of ether oxygens (including phenoxy) is 4. The lowest BCUT2D eigenvalue weighted by Gasteiger charge is -2.15. The SMILES string of the molecule is Cc1ccc(C(=O)NCCCC[C@H](NC(=O)COCCOCCCC(=O)COCCOCCCC(=O)CCCC(=O)O)C(N)=O)cc1. The Morgan fingerprint density at radius 2 is 1.28 bits per heavy atom. The molecule has 264 valence electrons. The first-order valence-electron chi connectivity index (χ1n) is 16.1. The average molecular weight is 666 g/mol. The summed E-state index contributed by atoms with van der Waals surface area (Å²) in [7, 11) is 0. The van der Waals surface area contributed by atoms with Gasteiger partial charge in [-0.25, -0.2) is 0 Å². The van der Waals surface area contributed by atoms with Crippen molar-refractivity contribution in [3.05, 3.63) is 35.4 Å². The minimum Gasteiger partial charge on any atom is -0.481 e. The summed E-state index contributed by atoms with van der Waals surface area (Å²) < 4.78 is 21.4. The molecule has 1 atom stereocenters. The number of carbonyl (C=O) groups is 6. The zero-order chi connectivity index (χ0) is 34.7. The molecular formula is C33H51N3O11. The fraction of sp³-hybridized carbons (Fsp3) is 0.636. The molecule has 1 rings (SSSR count). The van der Waals surface area contributed by atoms with Crippen LogP contribution < -0.4 is 16.4 Å². The number of nitrogens with one attached hydrogen (secondary N) is 2. The van der Waals surface area contributed by atoms with Crippen LogP contribution in [0, 0.1) is 6.92 Å². The lowest BCUT2D eigenvalue weighted by molar-refractivity contribution is -0.137. The number of hydrogen-bond acceptors (Lipinski definition) is 10. The Labute approximate surface area is 276 Å². The molecule has 1 aromatic rings. The first-order chi connectivity index (χ1) is 22.6. The van der Waals surface area contributed by atoms with Crippen LogP contribution in [-0.2, 0) is 42.9 Å². The number of hydrogen-bond donors (Lipinski definition) is 4. The molecule has 0 aromatic heterocycles. The van der Waals surface area contributed by atoms with E-state index in [1.807, 2.05) is 19.1 Å². The van der Waals surface area contributed by atoms with Crippen LogP contribution >= 0.6 is 0 Å². The molecule has 0 saturated carbocycles. The third-order valence-corrected chi connectivity index (χ3v) is 6.77. The summed E-state index contributed by atoms with van der Waals surface area (Å²) in [6.07, 6.45) is 3.84. The second kappa shape index (κ2) is 26.4. The van der Waals surface area contributed by atoms with Gasteiger partial charge in [-0.2, -0.15) is 0 Å². The van der Waals surface area contributed by atoms with Crippen LogP contribution in [0.3, 0.4) is 0 Å². The molecular weight excluding hydrogens is 614 g/mol. The fourth-order valence-corrected chi connectivity index (χ4v) is 4.17. The minimum absolute atomic E-state index is 0.00610. The van der Waals surface area contributed by atoms with Crippen molar-refractivity contribution in [2.75, 3.05) is 59.4 Å². The van der Waals surface area contributed by atoms with Crippen molar-refractivity contribution < 1.29 is 52.8 Å². The minimum atomic E-state index is -0.906. The van der Waals surface area contributed by atoms with Crippen LogP contribution in [0.2, 0.25) is 0 Å². The maximum Gasteiger partial charge on any atom is 0.303 e. The second-order valence-corrected chi connectivity index (χ2v) is 11.0. The predicted molar refractivity (Wildman–Crippen MR) is 172 cm³/mol. The van der Waals surface area contributed by atoms with Crippen molar-refractivity contribution in [2.24, 2.45) is 5.73 Å². The number of rotatable bonds is 30. The number of carboxylic acids is 1. The summed E-state index contributed by atoms with van der Waals surface area (Å²) in [5.74, 6) is -2.24. The molecule has 3 amide bonds. The van der Waals surface area contributed by atoms with Gasteiger partial charge in [0.1, 0.15) is 25.0 Å². The summed E-state index contributed by atoms with van der Waals surface area (Å²) in [6.45, 7) is 3.78. The van der Waals surface area contributed by atoms with Gasteiger partial charge < -0.3 is 40.4 Å². The molecule has 14 nitrogen and oxygen atoms in total. The highest BCUT2D eigenvalue weighted by atomic mass is 16.5. The van der Waals surface area contributed by atoms with Gasteiger partial charge in [0, 0.05) is 51.0 Å². The molecule has 0 aliphatic heterocycles. The Balaban J connectivity index is 1.96. The van der Waals surface area contributed by atoms with E-state index in [1.165, 1.54) is 0 Å². The molecule has 0 heterocycles. The number of Topliss-reactive ketones (excluding diaryl/α,β-unsaturated/α-hetero) is 2. The number of unbranched alkanes of at least 4 members (excludes halogenated alkanes) is 1. The van der Waals surface area contributed by atoms with Crippen molar-refractivity contribution in [2.45, 2.75) is 77.2 Å². The number of amides is 3. The maximum absolute atomic E-state index is 12.1. The van der Waals surface area contributed by atoms with Gasteiger partial charge in [0.2, 0.25) is 11.8 Å². The Kier molecular flexibility index (Phi) is 23.2. The van der Waals surface area contributed by atoms with Crippen molar-refractivity contribution in [1.29, 1.82) is 0 Å². The molecule has 0 unspecified atom stereocenters. The van der Waals surface area contributed by atoms with Crippen LogP contribution in [0.25, 0.3) is 0 Å². The molecule has 47 heavy (non-hydrogen) atoms. The van der Waals surface area contributed by atoms with E-state index in [2.05, 4.69) is 10.6 Å². The van der Waals surface area contributed by atoms with Crippen molar-refractivity contribution in [3.63, 3.8) is 0 Å². The van der Waals surface area contributed by atoms with Crippen molar-refractivity contribution >= 4 is 35.3 Å². The third kappa shape index (κ3) is 23.3. The molecule has 5 N–H and O–H groups in total. The quantitative estimate of drug-likeness (QED) is 0.0872. The highest BCUT2D eigenvalue weighted by Gasteiger charge is 2.17. The lowest BCUT2D eigenvalue weighted by atomic mass is 10.1. The van der Waals surface area contributed by atoms with Crippen LogP contribution in [0.5, 0.6) is 0 Å². The summed E-state index contributed by atoms with van der Waals surface area (Å²) in [4.78, 5) is 70.0. The molecule has 0 bridgehead atoms. The number of carbonyl (C=O) groups excluding carboxylic acids is 5. The van der Waals surface area contributed by atoms with Gasteiger partial charge in [-0.1, -0.05) is 17.7 Å². The van der Waals surface area contributed by atoms with E-state index >= 15 is 0 Å². The molecule has 0 spiro atoms. The van der Waals surface area contributed by atoms with Gasteiger partial charge in [-0.3, -0.25) is 28.8 Å². The lowest BCUT2D eigenvalue weighted by Crippen LogP contribution is -2.45. The van der Waals surface area contributed by atoms with Gasteiger partial charge in [-0.05, 0) is 57.6 Å².